The first kappa shape index (κ1) is 17.1. The van der Waals surface area contributed by atoms with E-state index in [1.807, 2.05) is 12.1 Å². The van der Waals surface area contributed by atoms with Crippen LogP contribution in [0, 0.1) is 6.92 Å². The van der Waals surface area contributed by atoms with Crippen LogP contribution in [0.25, 0.3) is 0 Å². The third-order valence-corrected chi connectivity index (χ3v) is 5.74. The average Bonchev–Trinajstić information content (AvgIpc) is 3.33. The van der Waals surface area contributed by atoms with Gasteiger partial charge >= 0.3 is 0 Å². The maximum absolute atomic E-state index is 6.10. The van der Waals surface area contributed by atoms with E-state index >= 15 is 0 Å². The van der Waals surface area contributed by atoms with Gasteiger partial charge in [0.2, 0.25) is 0 Å². The van der Waals surface area contributed by atoms with Crippen LogP contribution in [0.4, 0.5) is 0 Å². The van der Waals surface area contributed by atoms with Crippen molar-refractivity contribution in [3.8, 4) is 11.5 Å². The van der Waals surface area contributed by atoms with Crippen LogP contribution in [0.1, 0.15) is 24.8 Å². The Bertz CT molecular complexity index is 570. The summed E-state index contributed by atoms with van der Waals surface area (Å²) >= 11 is 0. The summed E-state index contributed by atoms with van der Waals surface area (Å²) in [4.78, 5) is 4.98. The molecule has 2 saturated heterocycles. The minimum Gasteiger partial charge on any atom is -0.492 e. The van der Waals surface area contributed by atoms with E-state index in [-0.39, 0.29) is 0 Å². The molecule has 1 aromatic carbocycles. The average molecular weight is 346 g/mol. The van der Waals surface area contributed by atoms with Crippen LogP contribution in [0.3, 0.4) is 0 Å². The van der Waals surface area contributed by atoms with Crippen molar-refractivity contribution in [3.63, 3.8) is 0 Å². The van der Waals surface area contributed by atoms with Gasteiger partial charge in [-0.2, -0.15) is 0 Å². The molecule has 1 aromatic rings. The van der Waals surface area contributed by atoms with E-state index in [0.717, 1.165) is 62.6 Å². The summed E-state index contributed by atoms with van der Waals surface area (Å²) in [5, 5.41) is 0. The zero-order valence-electron chi connectivity index (χ0n) is 15.3. The van der Waals surface area contributed by atoms with Gasteiger partial charge in [-0.3, -0.25) is 9.80 Å². The molecule has 0 radical (unpaired) electrons. The van der Waals surface area contributed by atoms with Crippen molar-refractivity contribution in [2.24, 2.45) is 0 Å². The molecule has 2 heterocycles. The maximum Gasteiger partial charge on any atom is 0.125 e. The van der Waals surface area contributed by atoms with Gasteiger partial charge < -0.3 is 14.2 Å². The first-order valence-electron chi connectivity index (χ1n) is 9.72. The fraction of sp³-hybridized carbons (Fsp3) is 0.700. The second kappa shape index (κ2) is 7.94. The van der Waals surface area contributed by atoms with E-state index in [9.17, 15) is 0 Å². The first-order chi connectivity index (χ1) is 12.3. The number of morpholine rings is 1. The second-order valence-corrected chi connectivity index (χ2v) is 7.43. The molecular weight excluding hydrogens is 316 g/mol. The summed E-state index contributed by atoms with van der Waals surface area (Å²) < 4.78 is 17.5. The van der Waals surface area contributed by atoms with Crippen LogP contribution in [0.15, 0.2) is 18.2 Å². The molecule has 0 bridgehead atoms. The van der Waals surface area contributed by atoms with E-state index < -0.39 is 0 Å². The number of hydrogen-bond donors (Lipinski definition) is 0. The zero-order valence-corrected chi connectivity index (χ0v) is 15.3. The molecule has 4 rings (SSSR count). The quantitative estimate of drug-likeness (QED) is 0.675. The Labute approximate surface area is 150 Å². The SMILES string of the molecule is Cc1c(OCCN2CCOCC2)cccc1OCC1CN1C1CCC1. The van der Waals surface area contributed by atoms with E-state index in [0.29, 0.717) is 12.6 Å². The topological polar surface area (TPSA) is 33.9 Å². The third kappa shape index (κ3) is 4.27. The molecule has 0 amide bonds. The highest BCUT2D eigenvalue weighted by molar-refractivity contribution is 5.43. The number of ether oxygens (including phenoxy) is 3. The fourth-order valence-corrected chi connectivity index (χ4v) is 3.71. The molecule has 3 aliphatic rings. The van der Waals surface area contributed by atoms with Gasteiger partial charge in [0.05, 0.1) is 19.3 Å². The summed E-state index contributed by atoms with van der Waals surface area (Å²) in [6.07, 6.45) is 4.15. The van der Waals surface area contributed by atoms with E-state index in [1.165, 1.54) is 25.8 Å². The number of hydrogen-bond acceptors (Lipinski definition) is 5. The van der Waals surface area contributed by atoms with Crippen molar-refractivity contribution < 1.29 is 14.2 Å². The highest BCUT2D eigenvalue weighted by Gasteiger charge is 2.42. The molecule has 2 atom stereocenters. The molecule has 0 N–H and O–H groups in total. The van der Waals surface area contributed by atoms with Crippen molar-refractivity contribution in [1.29, 1.82) is 0 Å². The lowest BCUT2D eigenvalue weighted by atomic mass is 9.93. The van der Waals surface area contributed by atoms with Gasteiger partial charge in [0.1, 0.15) is 24.7 Å². The summed E-state index contributed by atoms with van der Waals surface area (Å²) in [5.41, 5.74) is 1.11. The molecular formula is C20H30N2O3. The molecule has 5 nitrogen and oxygen atoms in total. The molecule has 5 heteroatoms. The summed E-state index contributed by atoms with van der Waals surface area (Å²) in [5.74, 6) is 1.90. The van der Waals surface area contributed by atoms with Crippen molar-refractivity contribution in [3.05, 3.63) is 23.8 Å². The molecule has 1 aliphatic carbocycles. The van der Waals surface area contributed by atoms with Crippen LogP contribution < -0.4 is 9.47 Å². The van der Waals surface area contributed by atoms with Gasteiger partial charge in [-0.05, 0) is 31.9 Å². The Morgan fingerprint density at radius 1 is 1.12 bits per heavy atom. The molecule has 2 aliphatic heterocycles. The lowest BCUT2D eigenvalue weighted by Crippen LogP contribution is -2.38. The standard InChI is InChI=1S/C20H30N2O3/c1-16-19(24-13-10-21-8-11-23-12-9-21)6-3-7-20(16)25-15-18-14-22(18)17-4-2-5-17/h3,6-7,17-18H,2,4-5,8-15H2,1H3. The Balaban J connectivity index is 1.23. The van der Waals surface area contributed by atoms with Gasteiger partial charge in [0.15, 0.2) is 0 Å². The molecule has 138 valence electrons. The van der Waals surface area contributed by atoms with Gasteiger partial charge in [-0.15, -0.1) is 0 Å². The van der Waals surface area contributed by atoms with Crippen LogP contribution in [-0.4, -0.2) is 74.5 Å². The van der Waals surface area contributed by atoms with E-state index in [2.05, 4.69) is 22.8 Å². The van der Waals surface area contributed by atoms with Crippen molar-refractivity contribution in [1.82, 2.24) is 9.80 Å². The Morgan fingerprint density at radius 3 is 2.60 bits per heavy atom. The Hall–Kier alpha value is -1.30. The number of nitrogens with zero attached hydrogens (tertiary/aromatic N) is 2. The molecule has 1 saturated carbocycles. The van der Waals surface area contributed by atoms with Crippen molar-refractivity contribution >= 4 is 0 Å². The normalized spacial score (nSPS) is 26.9. The molecule has 0 aromatic heterocycles. The first-order valence-corrected chi connectivity index (χ1v) is 9.72. The predicted molar refractivity (Wildman–Crippen MR) is 97.6 cm³/mol. The molecule has 25 heavy (non-hydrogen) atoms. The summed E-state index contributed by atoms with van der Waals surface area (Å²) in [6, 6.07) is 7.59. The van der Waals surface area contributed by atoms with Gasteiger partial charge in [-0.1, -0.05) is 12.5 Å². The monoisotopic (exact) mass is 346 g/mol. The highest BCUT2D eigenvalue weighted by atomic mass is 16.5. The van der Waals surface area contributed by atoms with Crippen LogP contribution in [0.2, 0.25) is 0 Å². The lowest BCUT2D eigenvalue weighted by Gasteiger charge is -2.27. The fourth-order valence-electron chi connectivity index (χ4n) is 3.71. The molecule has 0 spiro atoms. The molecule has 2 unspecified atom stereocenters. The number of rotatable bonds is 8. The number of benzene rings is 1. The molecule has 3 fully saturated rings. The largest absolute Gasteiger partial charge is 0.492 e. The Morgan fingerprint density at radius 2 is 1.88 bits per heavy atom. The summed E-state index contributed by atoms with van der Waals surface area (Å²) in [7, 11) is 0. The van der Waals surface area contributed by atoms with Gasteiger partial charge in [0.25, 0.3) is 0 Å². The van der Waals surface area contributed by atoms with Crippen LogP contribution >= 0.6 is 0 Å². The summed E-state index contributed by atoms with van der Waals surface area (Å²) in [6.45, 7) is 9.44. The van der Waals surface area contributed by atoms with Crippen molar-refractivity contribution in [2.75, 3.05) is 52.6 Å². The van der Waals surface area contributed by atoms with E-state index in [4.69, 9.17) is 14.2 Å². The maximum atomic E-state index is 6.10. The van der Waals surface area contributed by atoms with Crippen LogP contribution in [0.5, 0.6) is 11.5 Å². The van der Waals surface area contributed by atoms with E-state index in [1.54, 1.807) is 0 Å². The zero-order chi connectivity index (χ0) is 17.1. The highest BCUT2D eigenvalue weighted by Crippen LogP contribution is 2.34. The minimum atomic E-state index is 0.621. The Kier molecular flexibility index (Phi) is 5.44. The lowest BCUT2D eigenvalue weighted by molar-refractivity contribution is 0.0322. The second-order valence-electron chi connectivity index (χ2n) is 7.43. The third-order valence-electron chi connectivity index (χ3n) is 5.74. The van der Waals surface area contributed by atoms with Crippen LogP contribution in [-0.2, 0) is 4.74 Å². The van der Waals surface area contributed by atoms with Crippen molar-refractivity contribution in [2.45, 2.75) is 38.3 Å². The van der Waals surface area contributed by atoms with Gasteiger partial charge in [-0.25, -0.2) is 0 Å². The smallest absolute Gasteiger partial charge is 0.125 e. The van der Waals surface area contributed by atoms with Gasteiger partial charge in [0, 0.05) is 37.8 Å². The minimum absolute atomic E-state index is 0.621. The predicted octanol–water partition coefficient (Wildman–Crippen LogP) is 2.32.